The van der Waals surface area contributed by atoms with Crippen molar-refractivity contribution in [3.05, 3.63) is 77.4 Å². The zero-order valence-electron chi connectivity index (χ0n) is 22.5. The molecular formula is C29H35FN4O6. The lowest BCUT2D eigenvalue weighted by atomic mass is 10.0. The van der Waals surface area contributed by atoms with Crippen molar-refractivity contribution in [2.75, 3.05) is 0 Å². The van der Waals surface area contributed by atoms with Crippen LogP contribution in [0.5, 0.6) is 0 Å². The first-order chi connectivity index (χ1) is 19.0. The van der Waals surface area contributed by atoms with E-state index in [1.165, 1.54) is 24.3 Å². The minimum Gasteiger partial charge on any atom is -0.481 e. The molecule has 3 aromatic rings. The molecule has 0 bridgehead atoms. The third-order valence-corrected chi connectivity index (χ3v) is 6.44. The van der Waals surface area contributed by atoms with Gasteiger partial charge in [-0.15, -0.1) is 0 Å². The molecule has 11 heteroatoms. The Bertz CT molecular complexity index is 1310. The van der Waals surface area contributed by atoms with Crippen molar-refractivity contribution in [1.29, 1.82) is 0 Å². The highest BCUT2D eigenvalue weighted by Crippen LogP contribution is 2.29. The first-order valence-electron chi connectivity index (χ1n) is 13.0. The fraction of sp³-hybridized carbons (Fsp3) is 0.379. The van der Waals surface area contributed by atoms with E-state index in [9.17, 15) is 29.0 Å². The molecule has 2 aromatic carbocycles. The predicted octanol–water partition coefficient (Wildman–Crippen LogP) is 2.62. The third kappa shape index (κ3) is 8.20. The Balaban J connectivity index is 1.95. The molecule has 0 aliphatic rings. The molecule has 0 saturated heterocycles. The molecule has 0 saturated carbocycles. The summed E-state index contributed by atoms with van der Waals surface area (Å²) in [5, 5.41) is 32.0. The lowest BCUT2D eigenvalue weighted by Gasteiger charge is -2.19. The van der Waals surface area contributed by atoms with Gasteiger partial charge in [0.2, 0.25) is 5.91 Å². The minimum atomic E-state index is -1.21. The molecule has 10 nitrogen and oxygen atoms in total. The number of aliphatic carboxylic acids is 1. The van der Waals surface area contributed by atoms with Crippen molar-refractivity contribution in [2.45, 2.75) is 70.2 Å². The molecule has 3 rings (SSSR count). The summed E-state index contributed by atoms with van der Waals surface area (Å²) in [6.07, 6.45) is -2.56. The second-order valence-electron chi connectivity index (χ2n) is 10.0. The number of aliphatic hydroxyl groups is 2. The van der Waals surface area contributed by atoms with E-state index < -0.39 is 48.3 Å². The van der Waals surface area contributed by atoms with Crippen LogP contribution in [0.1, 0.15) is 60.8 Å². The summed E-state index contributed by atoms with van der Waals surface area (Å²) in [6.45, 7) is 3.90. The molecule has 0 fully saturated rings. The lowest BCUT2D eigenvalue weighted by Crippen LogP contribution is -2.46. The number of imidazole rings is 1. The molecule has 3 atom stereocenters. The Morgan fingerprint density at radius 2 is 1.68 bits per heavy atom. The number of nitrogens with two attached hydrogens (primary N) is 1. The topological polar surface area (TPSA) is 168 Å². The van der Waals surface area contributed by atoms with Crippen molar-refractivity contribution in [1.82, 2.24) is 14.9 Å². The smallest absolute Gasteiger partial charge is 0.305 e. The Morgan fingerprint density at radius 1 is 1.02 bits per heavy atom. The number of carboxylic acid groups (broad SMARTS) is 1. The number of benzene rings is 2. The molecular weight excluding hydrogens is 519 g/mol. The summed E-state index contributed by atoms with van der Waals surface area (Å²) < 4.78 is 15.4. The zero-order valence-corrected chi connectivity index (χ0v) is 22.5. The molecule has 0 radical (unpaired) electrons. The van der Waals surface area contributed by atoms with Crippen LogP contribution in [-0.2, 0) is 22.6 Å². The number of nitrogens with one attached hydrogen (secondary N) is 1. The summed E-state index contributed by atoms with van der Waals surface area (Å²) in [5.74, 6) is -2.80. The van der Waals surface area contributed by atoms with Gasteiger partial charge in [0.25, 0.3) is 5.91 Å². The number of aliphatic hydroxyl groups excluding tert-OH is 2. The number of aromatic nitrogens is 2. The molecule has 0 aliphatic heterocycles. The van der Waals surface area contributed by atoms with E-state index in [2.05, 4.69) is 10.3 Å². The molecule has 6 N–H and O–H groups in total. The van der Waals surface area contributed by atoms with Gasteiger partial charge in [-0.1, -0.05) is 44.2 Å². The maximum atomic E-state index is 13.7. The SMILES string of the molecule is CC(C)c1c(C(=O)N[C@H](Cc2ccccc2)C(N)=O)nc(-c2ccc(F)cc2)n1CC[C@@H](O)C[C@@H](O)CC(=O)O. The van der Waals surface area contributed by atoms with Crippen LogP contribution < -0.4 is 11.1 Å². The average molecular weight is 555 g/mol. The van der Waals surface area contributed by atoms with Crippen LogP contribution in [0.15, 0.2) is 54.6 Å². The highest BCUT2D eigenvalue weighted by molar-refractivity contribution is 5.97. The van der Waals surface area contributed by atoms with Crippen molar-refractivity contribution < 1.29 is 34.1 Å². The molecule has 214 valence electrons. The van der Waals surface area contributed by atoms with Crippen LogP contribution in [-0.4, -0.2) is 60.9 Å². The van der Waals surface area contributed by atoms with Crippen LogP contribution in [0.3, 0.4) is 0 Å². The van der Waals surface area contributed by atoms with Gasteiger partial charge in [0, 0.05) is 18.5 Å². The van der Waals surface area contributed by atoms with Gasteiger partial charge in [-0.25, -0.2) is 9.37 Å². The summed E-state index contributed by atoms with van der Waals surface area (Å²) in [4.78, 5) is 41.2. The largest absolute Gasteiger partial charge is 0.481 e. The normalized spacial score (nSPS) is 13.6. The van der Waals surface area contributed by atoms with E-state index in [0.29, 0.717) is 17.1 Å². The number of carboxylic acids is 1. The molecule has 40 heavy (non-hydrogen) atoms. The maximum absolute atomic E-state index is 13.7. The minimum absolute atomic E-state index is 0.0639. The number of nitrogens with zero attached hydrogens (tertiary/aromatic N) is 2. The van der Waals surface area contributed by atoms with Gasteiger partial charge < -0.3 is 30.9 Å². The first-order valence-corrected chi connectivity index (χ1v) is 13.0. The van der Waals surface area contributed by atoms with Gasteiger partial charge in [-0.05, 0) is 48.6 Å². The van der Waals surface area contributed by atoms with Crippen molar-refractivity contribution in [2.24, 2.45) is 5.73 Å². The van der Waals surface area contributed by atoms with E-state index in [1.807, 2.05) is 44.2 Å². The second-order valence-corrected chi connectivity index (χ2v) is 10.0. The molecule has 1 heterocycles. The van der Waals surface area contributed by atoms with Crippen molar-refractivity contribution in [3.8, 4) is 11.4 Å². The van der Waals surface area contributed by atoms with Gasteiger partial charge in [0.1, 0.15) is 23.4 Å². The van der Waals surface area contributed by atoms with E-state index in [0.717, 1.165) is 5.56 Å². The Morgan fingerprint density at radius 3 is 2.25 bits per heavy atom. The van der Waals surface area contributed by atoms with Gasteiger partial charge in [0.15, 0.2) is 0 Å². The number of amides is 2. The predicted molar refractivity (Wildman–Crippen MR) is 146 cm³/mol. The van der Waals surface area contributed by atoms with E-state index in [4.69, 9.17) is 10.8 Å². The van der Waals surface area contributed by atoms with Gasteiger partial charge in [-0.2, -0.15) is 0 Å². The van der Waals surface area contributed by atoms with Crippen molar-refractivity contribution >= 4 is 17.8 Å². The van der Waals surface area contributed by atoms with Gasteiger partial charge in [0.05, 0.1) is 24.3 Å². The summed E-state index contributed by atoms with van der Waals surface area (Å²) in [7, 11) is 0. The van der Waals surface area contributed by atoms with Gasteiger partial charge >= 0.3 is 5.97 Å². The standard InChI is InChI=1S/C29H35FN4O6/c1-17(2)26-25(29(40)32-23(27(31)39)14-18-6-4-3-5-7-18)33-28(19-8-10-20(30)11-9-19)34(26)13-12-21(35)15-22(36)16-24(37)38/h3-11,17,21-23,35-36H,12-16H2,1-2H3,(H2,31,39)(H,32,40)(H,37,38)/t21-,22-,23-/m1/s1. The highest BCUT2D eigenvalue weighted by atomic mass is 19.1. The van der Waals surface area contributed by atoms with E-state index in [1.54, 1.807) is 4.57 Å². The third-order valence-electron chi connectivity index (χ3n) is 6.44. The highest BCUT2D eigenvalue weighted by Gasteiger charge is 2.28. The number of carbonyl (C=O) groups excluding carboxylic acids is 2. The van der Waals surface area contributed by atoms with E-state index >= 15 is 0 Å². The zero-order chi connectivity index (χ0) is 29.4. The molecule has 0 spiro atoms. The average Bonchev–Trinajstić information content (AvgIpc) is 3.27. The fourth-order valence-electron chi connectivity index (χ4n) is 4.56. The monoisotopic (exact) mass is 554 g/mol. The summed E-state index contributed by atoms with van der Waals surface area (Å²) >= 11 is 0. The second kappa shape index (κ2) is 13.8. The Hall–Kier alpha value is -4.09. The van der Waals surface area contributed by atoms with Crippen LogP contribution in [0, 0.1) is 5.82 Å². The number of primary amides is 1. The maximum Gasteiger partial charge on any atom is 0.305 e. The molecule has 0 aliphatic carbocycles. The quantitative estimate of drug-likeness (QED) is 0.204. The number of rotatable bonds is 14. The van der Waals surface area contributed by atoms with Crippen LogP contribution >= 0.6 is 0 Å². The Kier molecular flexibility index (Phi) is 10.5. The van der Waals surface area contributed by atoms with Crippen LogP contribution in [0.4, 0.5) is 4.39 Å². The summed E-state index contributed by atoms with van der Waals surface area (Å²) in [5.41, 5.74) is 7.53. The number of hydrogen-bond donors (Lipinski definition) is 5. The van der Waals surface area contributed by atoms with Crippen LogP contribution in [0.25, 0.3) is 11.4 Å². The van der Waals surface area contributed by atoms with E-state index in [-0.39, 0.29) is 37.4 Å². The van der Waals surface area contributed by atoms with Crippen molar-refractivity contribution in [3.63, 3.8) is 0 Å². The lowest BCUT2D eigenvalue weighted by molar-refractivity contribution is -0.139. The molecule has 1 aromatic heterocycles. The Labute approximate surface area is 231 Å². The molecule has 0 unspecified atom stereocenters. The van der Waals surface area contributed by atoms with Gasteiger partial charge in [-0.3, -0.25) is 14.4 Å². The number of carbonyl (C=O) groups is 3. The van der Waals surface area contributed by atoms with Crippen LogP contribution in [0.2, 0.25) is 0 Å². The summed E-state index contributed by atoms with van der Waals surface area (Å²) in [6, 6.07) is 13.7. The molecule has 2 amide bonds. The first kappa shape index (κ1) is 30.5. The number of hydrogen-bond acceptors (Lipinski definition) is 6. The fourth-order valence-corrected chi connectivity index (χ4v) is 4.56. The number of halogens is 1.